The second kappa shape index (κ2) is 8.59. The third-order valence-corrected chi connectivity index (χ3v) is 7.52. The Balaban J connectivity index is 2.19. The molecule has 4 atom stereocenters. The maximum absolute atomic E-state index is 13.9. The van der Waals surface area contributed by atoms with Gasteiger partial charge in [-0.25, -0.2) is 4.79 Å². The lowest BCUT2D eigenvalue weighted by atomic mass is 9.58. The number of carbonyl (C=O) groups is 4. The van der Waals surface area contributed by atoms with Gasteiger partial charge in [0, 0.05) is 12.8 Å². The van der Waals surface area contributed by atoms with Gasteiger partial charge in [0.1, 0.15) is 6.04 Å². The first kappa shape index (κ1) is 25.6. The predicted molar refractivity (Wildman–Crippen MR) is 121 cm³/mol. The molecule has 3 aliphatic rings. The topological polar surface area (TPSA) is 152 Å². The van der Waals surface area contributed by atoms with Crippen LogP contribution in [0.5, 0.6) is 11.5 Å². The second-order valence-corrected chi connectivity index (χ2v) is 10.3. The molecule has 0 N–H and O–H groups in total. The molecule has 0 saturated carbocycles. The molecule has 4 rings (SSSR count). The molecule has 1 aliphatic carbocycles. The van der Waals surface area contributed by atoms with E-state index in [4.69, 9.17) is 23.1 Å². The highest BCUT2D eigenvalue weighted by atomic mass is 32.2. The van der Waals surface area contributed by atoms with Crippen molar-refractivity contribution >= 4 is 33.7 Å². The van der Waals surface area contributed by atoms with Gasteiger partial charge in [0.15, 0.2) is 28.8 Å². The number of esters is 2. The highest BCUT2D eigenvalue weighted by Crippen LogP contribution is 2.63. The SMILES string of the molecule is COC(=O)[C@@H]1Cc2cc(OC)c(OC)cc2[C@]23CC(=O)C=C[C@@]2(C(=O)OC)[C@H](OS(C)(=O)=O)C(=O)N13. The number of allylic oxidation sites excluding steroid dienone is 1. The Morgan fingerprint density at radius 2 is 1.67 bits per heavy atom. The Morgan fingerprint density at radius 3 is 2.22 bits per heavy atom. The molecule has 36 heavy (non-hydrogen) atoms. The van der Waals surface area contributed by atoms with Gasteiger partial charge >= 0.3 is 11.9 Å². The number of nitrogens with zero attached hydrogens (tertiary/aromatic N) is 1. The van der Waals surface area contributed by atoms with Crippen LogP contribution in [0.15, 0.2) is 24.3 Å². The largest absolute Gasteiger partial charge is 0.493 e. The van der Waals surface area contributed by atoms with Crippen molar-refractivity contribution in [3.63, 3.8) is 0 Å². The molecule has 1 amide bonds. The van der Waals surface area contributed by atoms with E-state index in [0.717, 1.165) is 37.5 Å². The van der Waals surface area contributed by atoms with Gasteiger partial charge in [-0.1, -0.05) is 6.08 Å². The summed E-state index contributed by atoms with van der Waals surface area (Å²) in [5.41, 5.74) is -3.30. The van der Waals surface area contributed by atoms with Crippen LogP contribution < -0.4 is 9.47 Å². The van der Waals surface area contributed by atoms with Gasteiger partial charge in [0.25, 0.3) is 16.0 Å². The van der Waals surface area contributed by atoms with Crippen molar-refractivity contribution in [2.24, 2.45) is 5.41 Å². The lowest BCUT2D eigenvalue weighted by Gasteiger charge is -2.53. The molecule has 194 valence electrons. The third kappa shape index (κ3) is 3.33. The summed E-state index contributed by atoms with van der Waals surface area (Å²) >= 11 is 0. The Bertz CT molecular complexity index is 1300. The van der Waals surface area contributed by atoms with Crippen molar-refractivity contribution < 1.29 is 50.7 Å². The minimum Gasteiger partial charge on any atom is -0.493 e. The van der Waals surface area contributed by atoms with E-state index >= 15 is 0 Å². The molecule has 1 aromatic carbocycles. The van der Waals surface area contributed by atoms with E-state index in [9.17, 15) is 27.6 Å². The van der Waals surface area contributed by atoms with Crippen LogP contribution in [-0.4, -0.2) is 83.8 Å². The number of rotatable bonds is 6. The zero-order chi connectivity index (χ0) is 26.6. The number of fused-ring (bicyclic) bond motifs is 1. The number of hydrogen-bond donors (Lipinski definition) is 0. The van der Waals surface area contributed by atoms with Gasteiger partial charge in [0.05, 0.1) is 40.2 Å². The van der Waals surface area contributed by atoms with Crippen LogP contribution in [-0.2, 0) is 54.9 Å². The maximum atomic E-state index is 13.9. The van der Waals surface area contributed by atoms with E-state index in [1.807, 2.05) is 0 Å². The van der Waals surface area contributed by atoms with Crippen molar-refractivity contribution in [2.45, 2.75) is 30.5 Å². The van der Waals surface area contributed by atoms with Gasteiger partial charge in [-0.2, -0.15) is 8.42 Å². The molecule has 13 heteroatoms. The first-order valence-electron chi connectivity index (χ1n) is 10.8. The lowest BCUT2D eigenvalue weighted by Crippen LogP contribution is -2.64. The van der Waals surface area contributed by atoms with Crippen LogP contribution >= 0.6 is 0 Å². The Morgan fingerprint density at radius 1 is 1.03 bits per heavy atom. The monoisotopic (exact) mass is 523 g/mol. The number of carbonyl (C=O) groups excluding carboxylic acids is 4. The Kier molecular flexibility index (Phi) is 6.12. The number of methoxy groups -OCH3 is 4. The van der Waals surface area contributed by atoms with E-state index in [-0.39, 0.29) is 17.7 Å². The molecule has 1 aromatic rings. The van der Waals surface area contributed by atoms with E-state index < -0.39 is 63.3 Å². The summed E-state index contributed by atoms with van der Waals surface area (Å²) in [5.74, 6) is -2.78. The zero-order valence-corrected chi connectivity index (χ0v) is 21.0. The molecule has 1 spiro atoms. The average molecular weight is 524 g/mol. The summed E-state index contributed by atoms with van der Waals surface area (Å²) in [7, 11) is 0.681. The normalized spacial score (nSPS) is 28.6. The van der Waals surface area contributed by atoms with Crippen molar-refractivity contribution in [2.75, 3.05) is 34.7 Å². The molecule has 2 heterocycles. The molecular formula is C23H25NO11S. The van der Waals surface area contributed by atoms with E-state index in [1.165, 1.54) is 20.3 Å². The minimum absolute atomic E-state index is 0.0728. The Hall–Kier alpha value is -3.45. The van der Waals surface area contributed by atoms with Crippen LogP contribution in [0.2, 0.25) is 0 Å². The molecule has 0 bridgehead atoms. The molecule has 0 radical (unpaired) electrons. The van der Waals surface area contributed by atoms with Crippen LogP contribution in [0.4, 0.5) is 0 Å². The average Bonchev–Trinajstić information content (AvgIpc) is 3.05. The van der Waals surface area contributed by atoms with Gasteiger partial charge in [0.2, 0.25) is 0 Å². The molecule has 1 fully saturated rings. The fourth-order valence-electron chi connectivity index (χ4n) is 5.69. The number of hydrogen-bond acceptors (Lipinski definition) is 11. The third-order valence-electron chi connectivity index (χ3n) is 6.98. The lowest BCUT2D eigenvalue weighted by molar-refractivity contribution is -0.167. The molecule has 0 unspecified atom stereocenters. The summed E-state index contributed by atoms with van der Waals surface area (Å²) in [6.07, 6.45) is 0.446. The van der Waals surface area contributed by atoms with Gasteiger partial charge in [-0.3, -0.25) is 18.6 Å². The zero-order valence-electron chi connectivity index (χ0n) is 20.2. The number of ketones is 1. The van der Waals surface area contributed by atoms with Crippen LogP contribution in [0.1, 0.15) is 17.5 Å². The summed E-state index contributed by atoms with van der Waals surface area (Å²) in [6.45, 7) is 0. The van der Waals surface area contributed by atoms with Gasteiger partial charge in [-0.15, -0.1) is 0 Å². The maximum Gasteiger partial charge on any atom is 0.328 e. The van der Waals surface area contributed by atoms with E-state index in [2.05, 4.69) is 0 Å². The summed E-state index contributed by atoms with van der Waals surface area (Å²) in [4.78, 5) is 54.5. The predicted octanol–water partition coefficient (Wildman–Crippen LogP) is -0.128. The minimum atomic E-state index is -4.31. The highest BCUT2D eigenvalue weighted by Gasteiger charge is 2.78. The molecular weight excluding hydrogens is 498 g/mol. The standard InChI is InChI=1S/C23H25NO11S/c1-31-16-9-12-8-15(20(27)33-3)24-19(26)18(35-36(5,29)30)22(21(28)34-4)7-6-13(25)11-23(22,24)14(12)10-17(16)32-2/h6-7,9-10,15,18H,8,11H2,1-5H3/t15-,18+,22-,23+/m0/s1. The molecule has 1 saturated heterocycles. The van der Waals surface area contributed by atoms with E-state index in [1.54, 1.807) is 6.07 Å². The fraction of sp³-hybridized carbons (Fsp3) is 0.478. The van der Waals surface area contributed by atoms with Crippen molar-refractivity contribution in [3.8, 4) is 11.5 Å². The Labute approximate surface area is 207 Å². The first-order chi connectivity index (χ1) is 16.9. The van der Waals surface area contributed by atoms with Crippen LogP contribution in [0.25, 0.3) is 0 Å². The van der Waals surface area contributed by atoms with Crippen molar-refractivity contribution in [1.29, 1.82) is 0 Å². The summed E-state index contributed by atoms with van der Waals surface area (Å²) in [5, 5.41) is 0. The highest BCUT2D eigenvalue weighted by molar-refractivity contribution is 7.86. The van der Waals surface area contributed by atoms with Crippen LogP contribution in [0.3, 0.4) is 0 Å². The number of ether oxygens (including phenoxy) is 4. The van der Waals surface area contributed by atoms with Crippen molar-refractivity contribution in [1.82, 2.24) is 4.90 Å². The molecule has 12 nitrogen and oxygen atoms in total. The first-order valence-corrected chi connectivity index (χ1v) is 12.6. The van der Waals surface area contributed by atoms with E-state index in [0.29, 0.717) is 11.3 Å². The summed E-state index contributed by atoms with van der Waals surface area (Å²) < 4.78 is 50.6. The second-order valence-electron chi connectivity index (χ2n) is 8.69. The fourth-order valence-corrected chi connectivity index (χ4v) is 6.27. The van der Waals surface area contributed by atoms with Crippen LogP contribution in [0, 0.1) is 5.41 Å². The summed E-state index contributed by atoms with van der Waals surface area (Å²) in [6, 6.07) is 1.77. The quantitative estimate of drug-likeness (QED) is 0.362. The van der Waals surface area contributed by atoms with Gasteiger partial charge < -0.3 is 23.8 Å². The molecule has 2 aliphatic heterocycles. The van der Waals surface area contributed by atoms with Crippen molar-refractivity contribution in [3.05, 3.63) is 35.4 Å². The molecule has 0 aromatic heterocycles. The number of amides is 1. The number of benzene rings is 1. The van der Waals surface area contributed by atoms with Gasteiger partial charge in [-0.05, 0) is 29.3 Å². The smallest absolute Gasteiger partial charge is 0.328 e.